The van der Waals surface area contributed by atoms with Crippen molar-refractivity contribution >= 4 is 5.91 Å². The molecule has 0 aliphatic rings. The standard InChI is InChI=1S/C12H26N2O3/c1-9(2)10(3)14-12(16)7-13-11(8-15)5-6-17-4/h9-11,13,15H,5-8H2,1-4H3,(H,14,16). The van der Waals surface area contributed by atoms with Gasteiger partial charge in [-0.1, -0.05) is 13.8 Å². The minimum atomic E-state index is -0.0879. The van der Waals surface area contributed by atoms with E-state index in [1.807, 2.05) is 6.92 Å². The Balaban J connectivity index is 3.80. The van der Waals surface area contributed by atoms with Crippen LogP contribution in [0.3, 0.4) is 0 Å². The van der Waals surface area contributed by atoms with Crippen molar-refractivity contribution in [2.75, 3.05) is 26.9 Å². The maximum Gasteiger partial charge on any atom is 0.234 e. The number of amides is 1. The van der Waals surface area contributed by atoms with Gasteiger partial charge in [-0.15, -0.1) is 0 Å². The first-order chi connectivity index (χ1) is 8.01. The van der Waals surface area contributed by atoms with Gasteiger partial charge < -0.3 is 20.5 Å². The normalized spacial score (nSPS) is 14.7. The van der Waals surface area contributed by atoms with Gasteiger partial charge in [-0.2, -0.15) is 0 Å². The van der Waals surface area contributed by atoms with Crippen LogP contribution in [0.5, 0.6) is 0 Å². The number of aliphatic hydroxyl groups is 1. The average molecular weight is 246 g/mol. The largest absolute Gasteiger partial charge is 0.395 e. The average Bonchev–Trinajstić information content (AvgIpc) is 2.29. The van der Waals surface area contributed by atoms with Crippen molar-refractivity contribution in [1.82, 2.24) is 10.6 Å². The molecule has 17 heavy (non-hydrogen) atoms. The third-order valence-electron chi connectivity index (χ3n) is 2.83. The molecular formula is C12H26N2O3. The van der Waals surface area contributed by atoms with Crippen molar-refractivity contribution < 1.29 is 14.6 Å². The fraction of sp³-hybridized carbons (Fsp3) is 0.917. The van der Waals surface area contributed by atoms with Crippen LogP contribution in [0.2, 0.25) is 0 Å². The van der Waals surface area contributed by atoms with E-state index in [0.29, 0.717) is 18.9 Å². The predicted molar refractivity (Wildman–Crippen MR) is 67.8 cm³/mol. The van der Waals surface area contributed by atoms with Gasteiger partial charge >= 0.3 is 0 Å². The topological polar surface area (TPSA) is 70.6 Å². The van der Waals surface area contributed by atoms with Crippen LogP contribution < -0.4 is 10.6 Å². The van der Waals surface area contributed by atoms with Gasteiger partial charge in [0.15, 0.2) is 0 Å². The summed E-state index contributed by atoms with van der Waals surface area (Å²) in [6.07, 6.45) is 0.694. The molecule has 0 rings (SSSR count). The number of methoxy groups -OCH3 is 1. The number of carbonyl (C=O) groups excluding carboxylic acids is 1. The lowest BCUT2D eigenvalue weighted by atomic mass is 10.1. The summed E-state index contributed by atoms with van der Waals surface area (Å²) in [5, 5.41) is 15.0. The van der Waals surface area contributed by atoms with Gasteiger partial charge in [0.05, 0.1) is 13.2 Å². The van der Waals surface area contributed by atoms with Crippen LogP contribution in [-0.2, 0) is 9.53 Å². The molecule has 3 N–H and O–H groups in total. The molecule has 0 heterocycles. The van der Waals surface area contributed by atoms with Gasteiger partial charge in [-0.3, -0.25) is 4.79 Å². The summed E-state index contributed by atoms with van der Waals surface area (Å²) in [6.45, 7) is 6.92. The zero-order valence-electron chi connectivity index (χ0n) is 11.3. The highest BCUT2D eigenvalue weighted by atomic mass is 16.5. The van der Waals surface area contributed by atoms with E-state index in [1.54, 1.807) is 7.11 Å². The van der Waals surface area contributed by atoms with Crippen molar-refractivity contribution in [3.8, 4) is 0 Å². The molecule has 1 amide bonds. The molecule has 0 saturated heterocycles. The lowest BCUT2D eigenvalue weighted by Crippen LogP contribution is -2.45. The monoisotopic (exact) mass is 246 g/mol. The second-order valence-electron chi connectivity index (χ2n) is 4.64. The first kappa shape index (κ1) is 16.4. The molecule has 0 spiro atoms. The van der Waals surface area contributed by atoms with Crippen molar-refractivity contribution in [1.29, 1.82) is 0 Å². The van der Waals surface area contributed by atoms with Gasteiger partial charge in [-0.25, -0.2) is 0 Å². The van der Waals surface area contributed by atoms with Crippen molar-refractivity contribution in [2.45, 2.75) is 39.3 Å². The molecule has 2 atom stereocenters. The number of ether oxygens (including phenoxy) is 1. The molecule has 5 nitrogen and oxygen atoms in total. The SMILES string of the molecule is COCCC(CO)NCC(=O)NC(C)C(C)C. The first-order valence-corrected chi connectivity index (χ1v) is 6.13. The summed E-state index contributed by atoms with van der Waals surface area (Å²) in [5.41, 5.74) is 0. The first-order valence-electron chi connectivity index (χ1n) is 6.13. The maximum atomic E-state index is 11.6. The Hall–Kier alpha value is -0.650. The summed E-state index contributed by atoms with van der Waals surface area (Å²) in [4.78, 5) is 11.6. The Morgan fingerprint density at radius 1 is 1.35 bits per heavy atom. The van der Waals surface area contributed by atoms with Gasteiger partial charge in [0.2, 0.25) is 5.91 Å². The van der Waals surface area contributed by atoms with Crippen LogP contribution in [0, 0.1) is 5.92 Å². The Morgan fingerprint density at radius 2 is 2.00 bits per heavy atom. The molecular weight excluding hydrogens is 220 g/mol. The highest BCUT2D eigenvalue weighted by Gasteiger charge is 2.12. The quantitative estimate of drug-likeness (QED) is 0.541. The van der Waals surface area contributed by atoms with Crippen LogP contribution in [0.1, 0.15) is 27.2 Å². The third kappa shape index (κ3) is 8.12. The Morgan fingerprint density at radius 3 is 2.47 bits per heavy atom. The predicted octanol–water partition coefficient (Wildman–Crippen LogP) is 0.134. The Bertz CT molecular complexity index is 210. The molecule has 0 aliphatic heterocycles. The zero-order valence-corrected chi connectivity index (χ0v) is 11.3. The fourth-order valence-corrected chi connectivity index (χ4v) is 1.23. The molecule has 0 aromatic heterocycles. The van der Waals surface area contributed by atoms with Crippen LogP contribution in [0.4, 0.5) is 0 Å². The van der Waals surface area contributed by atoms with Crippen LogP contribution >= 0.6 is 0 Å². The van der Waals surface area contributed by atoms with Crippen molar-refractivity contribution in [3.05, 3.63) is 0 Å². The zero-order chi connectivity index (χ0) is 13.3. The molecule has 0 saturated carbocycles. The lowest BCUT2D eigenvalue weighted by molar-refractivity contribution is -0.121. The summed E-state index contributed by atoms with van der Waals surface area (Å²) in [7, 11) is 1.62. The molecule has 0 bridgehead atoms. The minimum absolute atomic E-state index is 0.0103. The molecule has 0 aromatic rings. The maximum absolute atomic E-state index is 11.6. The molecule has 2 unspecified atom stereocenters. The molecule has 0 aliphatic carbocycles. The molecule has 0 radical (unpaired) electrons. The smallest absolute Gasteiger partial charge is 0.234 e. The lowest BCUT2D eigenvalue weighted by Gasteiger charge is -2.19. The van der Waals surface area contributed by atoms with E-state index in [9.17, 15) is 4.79 Å². The number of rotatable bonds is 9. The van der Waals surface area contributed by atoms with E-state index >= 15 is 0 Å². The van der Waals surface area contributed by atoms with Crippen molar-refractivity contribution in [2.24, 2.45) is 5.92 Å². The van der Waals surface area contributed by atoms with Gasteiger partial charge in [0.25, 0.3) is 0 Å². The number of carbonyl (C=O) groups is 1. The van der Waals surface area contributed by atoms with Gasteiger partial charge in [0.1, 0.15) is 0 Å². The van der Waals surface area contributed by atoms with E-state index in [4.69, 9.17) is 9.84 Å². The van der Waals surface area contributed by atoms with Gasteiger partial charge in [-0.05, 0) is 19.3 Å². The van der Waals surface area contributed by atoms with Gasteiger partial charge in [0, 0.05) is 25.8 Å². The van der Waals surface area contributed by atoms with E-state index < -0.39 is 0 Å². The van der Waals surface area contributed by atoms with E-state index in [1.165, 1.54) is 0 Å². The number of aliphatic hydroxyl groups excluding tert-OH is 1. The van der Waals surface area contributed by atoms with E-state index in [0.717, 1.165) is 0 Å². The van der Waals surface area contributed by atoms with Crippen LogP contribution in [0.25, 0.3) is 0 Å². The molecule has 0 fully saturated rings. The van der Waals surface area contributed by atoms with Crippen LogP contribution in [0.15, 0.2) is 0 Å². The van der Waals surface area contributed by atoms with Crippen LogP contribution in [-0.4, -0.2) is 50.0 Å². The van der Waals surface area contributed by atoms with E-state index in [-0.39, 0.29) is 31.1 Å². The minimum Gasteiger partial charge on any atom is -0.395 e. The third-order valence-corrected chi connectivity index (χ3v) is 2.83. The molecule has 0 aromatic carbocycles. The Labute approximate surface area is 104 Å². The number of hydrogen-bond donors (Lipinski definition) is 3. The highest BCUT2D eigenvalue weighted by Crippen LogP contribution is 1.99. The Kier molecular flexibility index (Phi) is 9.03. The summed E-state index contributed by atoms with van der Waals surface area (Å²) < 4.78 is 4.93. The second kappa shape index (κ2) is 9.39. The number of nitrogens with one attached hydrogen (secondary N) is 2. The second-order valence-corrected chi connectivity index (χ2v) is 4.64. The fourth-order valence-electron chi connectivity index (χ4n) is 1.23. The molecule has 5 heteroatoms. The molecule has 102 valence electrons. The summed E-state index contributed by atoms with van der Waals surface area (Å²) >= 11 is 0. The highest BCUT2D eigenvalue weighted by molar-refractivity contribution is 5.78. The number of hydrogen-bond acceptors (Lipinski definition) is 4. The van der Waals surface area contributed by atoms with Crippen molar-refractivity contribution in [3.63, 3.8) is 0 Å². The summed E-state index contributed by atoms with van der Waals surface area (Å²) in [6, 6.07) is 0.0749. The summed E-state index contributed by atoms with van der Waals surface area (Å²) in [5.74, 6) is 0.378. The van der Waals surface area contributed by atoms with E-state index in [2.05, 4.69) is 24.5 Å².